The zero-order chi connectivity index (χ0) is 12.1. The first-order valence-electron chi connectivity index (χ1n) is 4.65. The molecule has 16 heavy (non-hydrogen) atoms. The fourth-order valence-electron chi connectivity index (χ4n) is 1.11. The summed E-state index contributed by atoms with van der Waals surface area (Å²) in [7, 11) is 0. The molecule has 1 atom stereocenters. The van der Waals surface area contributed by atoms with Crippen molar-refractivity contribution >= 4 is 17.6 Å². The molecule has 5 N–H and O–H groups in total. The molecule has 1 heterocycles. The Bertz CT molecular complexity index is 389. The second-order valence-electron chi connectivity index (χ2n) is 3.37. The van der Waals surface area contributed by atoms with Crippen molar-refractivity contribution < 1.29 is 9.59 Å². The molecule has 0 aliphatic rings. The number of rotatable bonds is 4. The van der Waals surface area contributed by atoms with Crippen LogP contribution >= 0.6 is 0 Å². The van der Waals surface area contributed by atoms with Crippen LogP contribution in [0.4, 0.5) is 5.82 Å². The summed E-state index contributed by atoms with van der Waals surface area (Å²) in [6, 6.07) is -0.343. The van der Waals surface area contributed by atoms with E-state index in [4.69, 9.17) is 11.5 Å². The van der Waals surface area contributed by atoms with Gasteiger partial charge in [0, 0.05) is 12.5 Å². The third-order valence-electron chi connectivity index (χ3n) is 1.79. The number of nitrogen functional groups attached to an aromatic ring is 1. The number of amides is 2. The molecular weight excluding hydrogens is 210 g/mol. The molecule has 1 aromatic heterocycles. The molecule has 0 aromatic carbocycles. The molecule has 86 valence electrons. The zero-order valence-corrected chi connectivity index (χ0v) is 8.80. The maximum absolute atomic E-state index is 11.5. The van der Waals surface area contributed by atoms with Crippen LogP contribution in [-0.4, -0.2) is 27.8 Å². The van der Waals surface area contributed by atoms with Gasteiger partial charge in [0.15, 0.2) is 0 Å². The number of nitrogens with one attached hydrogen (secondary N) is 1. The van der Waals surface area contributed by atoms with Crippen molar-refractivity contribution in [2.24, 2.45) is 5.73 Å². The highest BCUT2D eigenvalue weighted by atomic mass is 16.2. The van der Waals surface area contributed by atoms with Gasteiger partial charge in [-0.2, -0.15) is 0 Å². The van der Waals surface area contributed by atoms with E-state index in [1.165, 1.54) is 12.4 Å². The average molecular weight is 223 g/mol. The third kappa shape index (κ3) is 3.52. The van der Waals surface area contributed by atoms with Crippen LogP contribution < -0.4 is 16.8 Å². The van der Waals surface area contributed by atoms with E-state index >= 15 is 0 Å². The van der Waals surface area contributed by atoms with Crippen LogP contribution in [0.1, 0.15) is 23.8 Å². The maximum atomic E-state index is 11.5. The van der Waals surface area contributed by atoms with Crippen molar-refractivity contribution in [3.05, 3.63) is 18.1 Å². The second-order valence-corrected chi connectivity index (χ2v) is 3.37. The zero-order valence-electron chi connectivity index (χ0n) is 8.80. The predicted octanol–water partition coefficient (Wildman–Crippen LogP) is -0.947. The molecule has 0 aliphatic carbocycles. The number of hydrogen-bond donors (Lipinski definition) is 3. The summed E-state index contributed by atoms with van der Waals surface area (Å²) in [5, 5.41) is 2.56. The van der Waals surface area contributed by atoms with Gasteiger partial charge in [0.2, 0.25) is 5.91 Å². The van der Waals surface area contributed by atoms with Gasteiger partial charge < -0.3 is 16.8 Å². The molecule has 0 bridgehead atoms. The highest BCUT2D eigenvalue weighted by Crippen LogP contribution is 1.98. The molecule has 0 radical (unpaired) electrons. The first-order valence-corrected chi connectivity index (χ1v) is 4.65. The van der Waals surface area contributed by atoms with Crippen molar-refractivity contribution in [1.82, 2.24) is 15.3 Å². The molecule has 0 spiro atoms. The van der Waals surface area contributed by atoms with Gasteiger partial charge in [-0.05, 0) is 6.92 Å². The van der Waals surface area contributed by atoms with E-state index in [2.05, 4.69) is 15.3 Å². The summed E-state index contributed by atoms with van der Waals surface area (Å²) >= 11 is 0. The topological polar surface area (TPSA) is 124 Å². The van der Waals surface area contributed by atoms with Gasteiger partial charge in [0.05, 0.1) is 12.4 Å². The number of hydrogen-bond acceptors (Lipinski definition) is 5. The molecule has 2 amide bonds. The lowest BCUT2D eigenvalue weighted by molar-refractivity contribution is -0.118. The Labute approximate surface area is 92.2 Å². The smallest absolute Gasteiger partial charge is 0.271 e. The lowest BCUT2D eigenvalue weighted by Crippen LogP contribution is -2.36. The third-order valence-corrected chi connectivity index (χ3v) is 1.79. The molecule has 0 aliphatic heterocycles. The van der Waals surface area contributed by atoms with E-state index in [-0.39, 0.29) is 24.0 Å². The first kappa shape index (κ1) is 11.9. The molecule has 7 nitrogen and oxygen atoms in total. The predicted molar refractivity (Wildman–Crippen MR) is 57.2 cm³/mol. The van der Waals surface area contributed by atoms with E-state index in [0.29, 0.717) is 0 Å². The maximum Gasteiger partial charge on any atom is 0.271 e. The SMILES string of the molecule is CC(CC(N)=O)NC(=O)c1cnc(N)cn1. The molecule has 0 saturated heterocycles. The van der Waals surface area contributed by atoms with Gasteiger partial charge >= 0.3 is 0 Å². The number of nitrogens with zero attached hydrogens (tertiary/aromatic N) is 2. The fraction of sp³-hybridized carbons (Fsp3) is 0.333. The quantitative estimate of drug-likeness (QED) is 0.607. The minimum atomic E-state index is -0.476. The fourth-order valence-corrected chi connectivity index (χ4v) is 1.11. The largest absolute Gasteiger partial charge is 0.382 e. The molecule has 0 saturated carbocycles. The van der Waals surface area contributed by atoms with Crippen LogP contribution in [0.3, 0.4) is 0 Å². The molecule has 1 unspecified atom stereocenters. The summed E-state index contributed by atoms with van der Waals surface area (Å²) in [5.74, 6) is -0.654. The van der Waals surface area contributed by atoms with Crippen LogP contribution in [0.25, 0.3) is 0 Å². The summed E-state index contributed by atoms with van der Waals surface area (Å²) < 4.78 is 0. The van der Waals surface area contributed by atoms with Gasteiger partial charge in [-0.25, -0.2) is 9.97 Å². The number of aromatic nitrogens is 2. The Morgan fingerprint density at radius 1 is 1.44 bits per heavy atom. The number of anilines is 1. The summed E-state index contributed by atoms with van der Waals surface area (Å²) in [4.78, 5) is 29.7. The van der Waals surface area contributed by atoms with Crippen LogP contribution in [0.2, 0.25) is 0 Å². The Kier molecular flexibility index (Phi) is 3.76. The van der Waals surface area contributed by atoms with Crippen molar-refractivity contribution in [2.75, 3.05) is 5.73 Å². The van der Waals surface area contributed by atoms with Crippen molar-refractivity contribution in [1.29, 1.82) is 0 Å². The molecule has 1 rings (SSSR count). The van der Waals surface area contributed by atoms with E-state index in [1.54, 1.807) is 6.92 Å². The highest BCUT2D eigenvalue weighted by molar-refractivity contribution is 5.92. The van der Waals surface area contributed by atoms with Crippen LogP contribution in [0.15, 0.2) is 12.4 Å². The van der Waals surface area contributed by atoms with Crippen LogP contribution in [-0.2, 0) is 4.79 Å². The number of primary amides is 1. The standard InChI is InChI=1S/C9H13N5O2/c1-5(2-8(11)15)14-9(16)6-3-13-7(10)4-12-6/h3-5H,2H2,1H3,(H2,10,13)(H2,11,15)(H,14,16). The van der Waals surface area contributed by atoms with E-state index in [9.17, 15) is 9.59 Å². The minimum absolute atomic E-state index is 0.0775. The average Bonchev–Trinajstić information content (AvgIpc) is 2.16. The molecule has 7 heteroatoms. The van der Waals surface area contributed by atoms with Crippen LogP contribution in [0.5, 0.6) is 0 Å². The van der Waals surface area contributed by atoms with Crippen LogP contribution in [0, 0.1) is 0 Å². The Hall–Kier alpha value is -2.18. The number of carbonyl (C=O) groups is 2. The van der Waals surface area contributed by atoms with Crippen molar-refractivity contribution in [3.8, 4) is 0 Å². The van der Waals surface area contributed by atoms with E-state index < -0.39 is 11.8 Å². The Balaban J connectivity index is 2.58. The summed E-state index contributed by atoms with van der Waals surface area (Å²) in [6.07, 6.45) is 2.63. The van der Waals surface area contributed by atoms with Crippen molar-refractivity contribution in [2.45, 2.75) is 19.4 Å². The summed E-state index contributed by atoms with van der Waals surface area (Å²) in [5.41, 5.74) is 10.5. The van der Waals surface area contributed by atoms with Gasteiger partial charge in [-0.15, -0.1) is 0 Å². The van der Waals surface area contributed by atoms with Crippen molar-refractivity contribution in [3.63, 3.8) is 0 Å². The number of carbonyl (C=O) groups excluding carboxylic acids is 2. The Morgan fingerprint density at radius 3 is 2.62 bits per heavy atom. The summed E-state index contributed by atoms with van der Waals surface area (Å²) in [6.45, 7) is 1.67. The minimum Gasteiger partial charge on any atom is -0.382 e. The van der Waals surface area contributed by atoms with Gasteiger partial charge in [-0.1, -0.05) is 0 Å². The number of nitrogens with two attached hydrogens (primary N) is 2. The molecule has 1 aromatic rings. The Morgan fingerprint density at radius 2 is 2.12 bits per heavy atom. The van der Waals surface area contributed by atoms with E-state index in [1.807, 2.05) is 0 Å². The van der Waals surface area contributed by atoms with E-state index in [0.717, 1.165) is 0 Å². The molecular formula is C9H13N5O2. The van der Waals surface area contributed by atoms with Gasteiger partial charge in [-0.3, -0.25) is 9.59 Å². The molecule has 0 fully saturated rings. The lowest BCUT2D eigenvalue weighted by atomic mass is 10.2. The second kappa shape index (κ2) is 5.06. The first-order chi connectivity index (χ1) is 7.49. The van der Waals surface area contributed by atoms with Gasteiger partial charge in [0.25, 0.3) is 5.91 Å². The normalized spacial score (nSPS) is 11.8. The lowest BCUT2D eigenvalue weighted by Gasteiger charge is -2.10. The van der Waals surface area contributed by atoms with Gasteiger partial charge in [0.1, 0.15) is 11.5 Å². The highest BCUT2D eigenvalue weighted by Gasteiger charge is 2.12. The monoisotopic (exact) mass is 223 g/mol.